The quantitative estimate of drug-likeness (QED) is 0.549. The van der Waals surface area contributed by atoms with Gasteiger partial charge in [0.15, 0.2) is 0 Å². The second-order valence-corrected chi connectivity index (χ2v) is 5.89. The first kappa shape index (κ1) is 13.3. The second-order valence-electron chi connectivity index (χ2n) is 5.89. The zero-order chi connectivity index (χ0) is 15.1. The minimum Gasteiger partial charge on any atom is -0.427 e. The van der Waals surface area contributed by atoms with Gasteiger partial charge in [0, 0.05) is 11.8 Å². The number of carbonyl (C=O) groups excluding carboxylic acids is 1. The Bertz CT molecular complexity index is 849. The lowest BCUT2D eigenvalue weighted by molar-refractivity contribution is 0.0586. The molecule has 2 aromatic rings. The molecule has 0 N–H and O–H groups in total. The zero-order valence-electron chi connectivity index (χ0n) is 12.2. The summed E-state index contributed by atoms with van der Waals surface area (Å²) in [6, 6.07) is 7.35. The second kappa shape index (κ2) is 5.13. The van der Waals surface area contributed by atoms with E-state index >= 15 is 0 Å². The van der Waals surface area contributed by atoms with E-state index in [0.29, 0.717) is 12.0 Å². The van der Waals surface area contributed by atoms with Crippen molar-refractivity contribution in [1.82, 2.24) is 0 Å². The summed E-state index contributed by atoms with van der Waals surface area (Å²) < 4.78 is 10.7. The number of rotatable bonds is 0. The van der Waals surface area contributed by atoms with E-state index < -0.39 is 11.6 Å². The standard InChI is InChI=1S/C18H16O4/c19-17-16-13(12-8-4-5-9-14(12)21-17)10-15(22-18(16)20)11-6-2-1-3-7-11/h4-5,8-9H,1-3,6-7,10H2. The third-order valence-corrected chi connectivity index (χ3v) is 4.53. The van der Waals surface area contributed by atoms with Crippen molar-refractivity contribution in [2.45, 2.75) is 38.5 Å². The molecule has 1 saturated carbocycles. The fraction of sp³-hybridized carbons (Fsp3) is 0.333. The highest BCUT2D eigenvalue weighted by molar-refractivity contribution is 5.98. The number of esters is 1. The predicted octanol–water partition coefficient (Wildman–Crippen LogP) is 3.72. The lowest BCUT2D eigenvalue weighted by atomic mass is 9.90. The van der Waals surface area contributed by atoms with Gasteiger partial charge >= 0.3 is 11.6 Å². The van der Waals surface area contributed by atoms with E-state index in [1.807, 2.05) is 18.2 Å². The Morgan fingerprint density at radius 3 is 2.55 bits per heavy atom. The van der Waals surface area contributed by atoms with Crippen LogP contribution in [-0.4, -0.2) is 5.97 Å². The molecule has 1 aromatic heterocycles. The fourth-order valence-corrected chi connectivity index (χ4v) is 3.42. The maximum absolute atomic E-state index is 12.3. The van der Waals surface area contributed by atoms with Gasteiger partial charge in [-0.25, -0.2) is 9.59 Å². The summed E-state index contributed by atoms with van der Waals surface area (Å²) in [5.41, 5.74) is 1.94. The monoisotopic (exact) mass is 296 g/mol. The Hall–Kier alpha value is -2.36. The highest BCUT2D eigenvalue weighted by Crippen LogP contribution is 2.33. The van der Waals surface area contributed by atoms with Gasteiger partial charge in [-0.2, -0.15) is 0 Å². The van der Waals surface area contributed by atoms with Crippen LogP contribution in [0.4, 0.5) is 0 Å². The number of benzene rings is 1. The van der Waals surface area contributed by atoms with Crippen LogP contribution in [0, 0.1) is 0 Å². The molecule has 2 heterocycles. The van der Waals surface area contributed by atoms with Crippen LogP contribution in [0.3, 0.4) is 0 Å². The van der Waals surface area contributed by atoms with Gasteiger partial charge in [-0.15, -0.1) is 0 Å². The number of cyclic esters (lactones) is 1. The minimum absolute atomic E-state index is 0.0545. The van der Waals surface area contributed by atoms with E-state index in [0.717, 1.165) is 42.4 Å². The summed E-state index contributed by atoms with van der Waals surface area (Å²) >= 11 is 0. The minimum atomic E-state index is -0.605. The molecule has 0 atom stereocenters. The Balaban J connectivity index is 1.92. The molecule has 0 amide bonds. The summed E-state index contributed by atoms with van der Waals surface area (Å²) in [6.45, 7) is 0. The van der Waals surface area contributed by atoms with Crippen molar-refractivity contribution in [3.05, 3.63) is 57.1 Å². The molecular weight excluding hydrogens is 280 g/mol. The average Bonchev–Trinajstić information content (AvgIpc) is 2.55. The molecule has 1 aromatic carbocycles. The van der Waals surface area contributed by atoms with E-state index in [-0.39, 0.29) is 5.56 Å². The molecule has 4 heteroatoms. The fourth-order valence-electron chi connectivity index (χ4n) is 3.42. The van der Waals surface area contributed by atoms with Crippen molar-refractivity contribution >= 4 is 16.9 Å². The van der Waals surface area contributed by atoms with Gasteiger partial charge in [0.2, 0.25) is 0 Å². The lowest BCUT2D eigenvalue weighted by Gasteiger charge is -2.23. The Kier molecular flexibility index (Phi) is 3.10. The topological polar surface area (TPSA) is 56.5 Å². The van der Waals surface area contributed by atoms with Crippen molar-refractivity contribution in [2.75, 3.05) is 0 Å². The third kappa shape index (κ3) is 2.06. The van der Waals surface area contributed by atoms with Crippen LogP contribution >= 0.6 is 0 Å². The number of allylic oxidation sites excluding steroid dienone is 2. The van der Waals surface area contributed by atoms with Gasteiger partial charge < -0.3 is 9.15 Å². The summed E-state index contributed by atoms with van der Waals surface area (Å²) in [5, 5.41) is 0.822. The predicted molar refractivity (Wildman–Crippen MR) is 81.7 cm³/mol. The number of hydrogen-bond acceptors (Lipinski definition) is 4. The lowest BCUT2D eigenvalue weighted by Crippen LogP contribution is -2.26. The number of carbonyl (C=O) groups is 1. The molecule has 22 heavy (non-hydrogen) atoms. The number of hydrogen-bond donors (Lipinski definition) is 0. The van der Waals surface area contributed by atoms with Gasteiger partial charge in [0.25, 0.3) is 0 Å². The zero-order valence-corrected chi connectivity index (χ0v) is 12.2. The first-order valence-corrected chi connectivity index (χ1v) is 7.72. The largest absolute Gasteiger partial charge is 0.427 e. The average molecular weight is 296 g/mol. The van der Waals surface area contributed by atoms with Gasteiger partial charge in [-0.1, -0.05) is 24.6 Å². The van der Waals surface area contributed by atoms with E-state index in [9.17, 15) is 9.59 Å². The van der Waals surface area contributed by atoms with Crippen molar-refractivity contribution in [1.29, 1.82) is 0 Å². The number of para-hydroxylation sites is 1. The Labute approximate surface area is 127 Å². The highest BCUT2D eigenvalue weighted by atomic mass is 16.5. The molecule has 0 saturated heterocycles. The third-order valence-electron chi connectivity index (χ3n) is 4.53. The van der Waals surface area contributed by atoms with Crippen LogP contribution in [-0.2, 0) is 11.2 Å². The van der Waals surface area contributed by atoms with Crippen molar-refractivity contribution < 1.29 is 13.9 Å². The van der Waals surface area contributed by atoms with Crippen LogP contribution < -0.4 is 5.63 Å². The van der Waals surface area contributed by atoms with Gasteiger partial charge in [-0.05, 0) is 42.9 Å². The van der Waals surface area contributed by atoms with Gasteiger partial charge in [0.05, 0.1) is 0 Å². The summed E-state index contributed by atoms with van der Waals surface area (Å²) in [6.07, 6.45) is 5.98. The van der Waals surface area contributed by atoms with Crippen LogP contribution in [0.2, 0.25) is 0 Å². The van der Waals surface area contributed by atoms with Crippen LogP contribution in [0.1, 0.15) is 48.0 Å². The first-order chi connectivity index (χ1) is 10.7. The van der Waals surface area contributed by atoms with Crippen molar-refractivity contribution in [3.8, 4) is 0 Å². The smallest absolute Gasteiger partial charge is 0.351 e. The summed E-state index contributed by atoms with van der Waals surface area (Å²) in [5.74, 6) is 0.168. The summed E-state index contributed by atoms with van der Waals surface area (Å²) in [4.78, 5) is 24.4. The summed E-state index contributed by atoms with van der Waals surface area (Å²) in [7, 11) is 0. The highest BCUT2D eigenvalue weighted by Gasteiger charge is 2.30. The molecule has 1 aliphatic carbocycles. The van der Waals surface area contributed by atoms with E-state index in [4.69, 9.17) is 9.15 Å². The SMILES string of the molecule is O=C1OC(=C2CCCCC2)Cc2c1c(=O)oc1ccccc21. The molecule has 0 spiro atoms. The van der Waals surface area contributed by atoms with E-state index in [2.05, 4.69) is 0 Å². The maximum atomic E-state index is 12.3. The van der Waals surface area contributed by atoms with Crippen LogP contribution in [0.15, 0.2) is 44.8 Å². The molecule has 4 rings (SSSR count). The molecule has 4 nitrogen and oxygen atoms in total. The maximum Gasteiger partial charge on any atom is 0.351 e. The van der Waals surface area contributed by atoms with E-state index in [1.54, 1.807) is 6.07 Å². The molecule has 0 bridgehead atoms. The number of ether oxygens (including phenoxy) is 1. The van der Waals surface area contributed by atoms with Crippen LogP contribution in [0.5, 0.6) is 0 Å². The van der Waals surface area contributed by atoms with E-state index in [1.165, 1.54) is 12.0 Å². The Morgan fingerprint density at radius 1 is 0.955 bits per heavy atom. The van der Waals surface area contributed by atoms with Gasteiger partial charge in [0.1, 0.15) is 16.9 Å². The molecule has 1 fully saturated rings. The Morgan fingerprint density at radius 2 is 1.73 bits per heavy atom. The van der Waals surface area contributed by atoms with Crippen molar-refractivity contribution in [3.63, 3.8) is 0 Å². The molecule has 0 radical (unpaired) electrons. The molecule has 0 unspecified atom stereocenters. The molecule has 1 aliphatic heterocycles. The number of fused-ring (bicyclic) bond motifs is 3. The first-order valence-electron chi connectivity index (χ1n) is 7.72. The molecule has 112 valence electrons. The van der Waals surface area contributed by atoms with Gasteiger partial charge in [-0.3, -0.25) is 0 Å². The normalized spacial score (nSPS) is 18.3. The molecule has 2 aliphatic rings. The van der Waals surface area contributed by atoms with Crippen molar-refractivity contribution in [2.24, 2.45) is 0 Å². The molecular formula is C18H16O4. The van der Waals surface area contributed by atoms with Crippen LogP contribution in [0.25, 0.3) is 11.0 Å².